The topological polar surface area (TPSA) is 77.3 Å². The van der Waals surface area contributed by atoms with E-state index in [-0.39, 0.29) is 5.91 Å². The van der Waals surface area contributed by atoms with Crippen LogP contribution in [0.1, 0.15) is 32.0 Å². The van der Waals surface area contributed by atoms with Gasteiger partial charge in [-0.1, -0.05) is 18.2 Å². The standard InChI is InChI=1S/C23H30N4O3/c1-23(2,3)30-22(29)25-19(21(28)24-14-17-9-8-12-26(17)4)13-16-15-27(5)20-11-7-6-10-18(16)20/h6-12,15,19H,13-14H2,1-5H3,(H,24,28)(H,25,29). The first kappa shape index (κ1) is 21.5. The summed E-state index contributed by atoms with van der Waals surface area (Å²) in [6.07, 6.45) is 3.67. The zero-order valence-corrected chi connectivity index (χ0v) is 18.2. The Morgan fingerprint density at radius 2 is 1.80 bits per heavy atom. The number of carbonyl (C=O) groups excluding carboxylic acids is 2. The fraction of sp³-hybridized carbons (Fsp3) is 0.391. The van der Waals surface area contributed by atoms with Crippen molar-refractivity contribution in [2.45, 2.75) is 45.4 Å². The minimum absolute atomic E-state index is 0.255. The smallest absolute Gasteiger partial charge is 0.408 e. The van der Waals surface area contributed by atoms with E-state index in [0.717, 1.165) is 22.2 Å². The quantitative estimate of drug-likeness (QED) is 0.655. The lowest BCUT2D eigenvalue weighted by molar-refractivity contribution is -0.123. The summed E-state index contributed by atoms with van der Waals surface area (Å²) in [5, 5.41) is 6.75. The van der Waals surface area contributed by atoms with Crippen molar-refractivity contribution in [3.63, 3.8) is 0 Å². The van der Waals surface area contributed by atoms with Crippen LogP contribution in [0.15, 0.2) is 48.8 Å². The van der Waals surface area contributed by atoms with E-state index in [9.17, 15) is 9.59 Å². The molecule has 7 heteroatoms. The van der Waals surface area contributed by atoms with Crippen LogP contribution >= 0.6 is 0 Å². The highest BCUT2D eigenvalue weighted by Gasteiger charge is 2.26. The first-order valence-electron chi connectivity index (χ1n) is 10.0. The molecule has 0 saturated heterocycles. The number of amides is 2. The summed E-state index contributed by atoms with van der Waals surface area (Å²) in [5.74, 6) is -0.255. The normalized spacial score (nSPS) is 12.6. The Hall–Kier alpha value is -3.22. The maximum atomic E-state index is 13.0. The lowest BCUT2D eigenvalue weighted by Gasteiger charge is -2.23. The second-order valence-corrected chi connectivity index (χ2v) is 8.51. The summed E-state index contributed by atoms with van der Waals surface area (Å²) in [4.78, 5) is 25.4. The molecule has 0 aliphatic carbocycles. The summed E-state index contributed by atoms with van der Waals surface area (Å²) in [5.41, 5.74) is 2.40. The van der Waals surface area contributed by atoms with E-state index in [0.29, 0.717) is 13.0 Å². The molecular weight excluding hydrogens is 380 g/mol. The van der Waals surface area contributed by atoms with Crippen molar-refractivity contribution in [1.82, 2.24) is 19.8 Å². The SMILES string of the molecule is Cn1cccc1CNC(=O)C(Cc1cn(C)c2ccccc12)NC(=O)OC(C)(C)C. The second-order valence-electron chi connectivity index (χ2n) is 8.51. The number of carbonyl (C=O) groups is 2. The van der Waals surface area contributed by atoms with Crippen LogP contribution in [-0.2, 0) is 36.6 Å². The maximum Gasteiger partial charge on any atom is 0.408 e. The fourth-order valence-electron chi connectivity index (χ4n) is 3.45. The van der Waals surface area contributed by atoms with Gasteiger partial charge >= 0.3 is 6.09 Å². The molecule has 3 aromatic rings. The van der Waals surface area contributed by atoms with Crippen LogP contribution in [0.2, 0.25) is 0 Å². The molecule has 1 atom stereocenters. The van der Waals surface area contributed by atoms with E-state index >= 15 is 0 Å². The Labute approximate surface area is 177 Å². The third-order valence-corrected chi connectivity index (χ3v) is 4.91. The fourth-order valence-corrected chi connectivity index (χ4v) is 3.45. The highest BCUT2D eigenvalue weighted by molar-refractivity contribution is 5.88. The van der Waals surface area contributed by atoms with Crippen LogP contribution < -0.4 is 10.6 Å². The Bertz CT molecular complexity index is 1040. The Morgan fingerprint density at radius 1 is 1.07 bits per heavy atom. The summed E-state index contributed by atoms with van der Waals surface area (Å²) < 4.78 is 9.35. The molecule has 7 nitrogen and oxygen atoms in total. The Balaban J connectivity index is 1.80. The monoisotopic (exact) mass is 410 g/mol. The zero-order valence-electron chi connectivity index (χ0n) is 18.2. The third-order valence-electron chi connectivity index (χ3n) is 4.91. The summed E-state index contributed by atoms with van der Waals surface area (Å²) in [6, 6.07) is 11.1. The van der Waals surface area contributed by atoms with Gasteiger partial charge in [-0.3, -0.25) is 4.79 Å². The number of hydrogen-bond donors (Lipinski definition) is 2. The number of para-hydroxylation sites is 1. The molecule has 0 bridgehead atoms. The van der Waals surface area contributed by atoms with Gasteiger partial charge in [0.1, 0.15) is 11.6 Å². The molecule has 0 aliphatic rings. The summed E-state index contributed by atoms with van der Waals surface area (Å²) in [7, 11) is 3.89. The molecule has 0 spiro atoms. The predicted molar refractivity (Wildman–Crippen MR) is 117 cm³/mol. The van der Waals surface area contributed by atoms with E-state index < -0.39 is 17.7 Å². The van der Waals surface area contributed by atoms with Crippen LogP contribution in [0.4, 0.5) is 4.79 Å². The molecule has 30 heavy (non-hydrogen) atoms. The van der Waals surface area contributed by atoms with Crippen molar-refractivity contribution in [1.29, 1.82) is 0 Å². The van der Waals surface area contributed by atoms with Crippen molar-refractivity contribution in [2.24, 2.45) is 14.1 Å². The lowest BCUT2D eigenvalue weighted by atomic mass is 10.0. The van der Waals surface area contributed by atoms with Crippen LogP contribution in [0.3, 0.4) is 0 Å². The van der Waals surface area contributed by atoms with E-state index in [1.165, 1.54) is 0 Å². The van der Waals surface area contributed by atoms with Crippen LogP contribution in [0.25, 0.3) is 10.9 Å². The van der Waals surface area contributed by atoms with Crippen LogP contribution in [0, 0.1) is 0 Å². The predicted octanol–water partition coefficient (Wildman–Crippen LogP) is 3.27. The summed E-state index contributed by atoms with van der Waals surface area (Å²) >= 11 is 0. The molecule has 2 heterocycles. The van der Waals surface area contributed by atoms with Gasteiger partial charge in [-0.05, 0) is 44.5 Å². The number of rotatable bonds is 6. The minimum Gasteiger partial charge on any atom is -0.444 e. The molecule has 0 radical (unpaired) electrons. The molecule has 160 valence electrons. The van der Waals surface area contributed by atoms with Crippen molar-refractivity contribution >= 4 is 22.9 Å². The van der Waals surface area contributed by atoms with Gasteiger partial charge in [0.25, 0.3) is 0 Å². The molecule has 2 amide bonds. The Morgan fingerprint density at radius 3 is 2.47 bits per heavy atom. The molecule has 0 aliphatic heterocycles. The molecule has 0 saturated carbocycles. The molecule has 1 aromatic carbocycles. The first-order valence-corrected chi connectivity index (χ1v) is 10.0. The van der Waals surface area contributed by atoms with Gasteiger partial charge in [-0.15, -0.1) is 0 Å². The number of ether oxygens (including phenoxy) is 1. The zero-order chi connectivity index (χ0) is 21.9. The van der Waals surface area contributed by atoms with Crippen LogP contribution in [0.5, 0.6) is 0 Å². The molecule has 1 unspecified atom stereocenters. The molecule has 2 aromatic heterocycles. The minimum atomic E-state index is -0.758. The van der Waals surface area contributed by atoms with Gasteiger partial charge < -0.3 is 24.5 Å². The number of fused-ring (bicyclic) bond motifs is 1. The summed E-state index contributed by atoms with van der Waals surface area (Å²) in [6.45, 7) is 5.76. The molecule has 0 fully saturated rings. The van der Waals surface area contributed by atoms with E-state index in [2.05, 4.69) is 10.6 Å². The highest BCUT2D eigenvalue weighted by atomic mass is 16.6. The van der Waals surface area contributed by atoms with E-state index in [1.807, 2.05) is 72.0 Å². The third kappa shape index (κ3) is 5.23. The van der Waals surface area contributed by atoms with Crippen molar-refractivity contribution < 1.29 is 14.3 Å². The van der Waals surface area contributed by atoms with Crippen molar-refractivity contribution in [2.75, 3.05) is 0 Å². The van der Waals surface area contributed by atoms with Gasteiger partial charge in [-0.2, -0.15) is 0 Å². The Kier molecular flexibility index (Phi) is 6.20. The van der Waals surface area contributed by atoms with E-state index in [4.69, 9.17) is 4.74 Å². The van der Waals surface area contributed by atoms with Gasteiger partial charge in [0, 0.05) is 49.5 Å². The number of nitrogens with zero attached hydrogens (tertiary/aromatic N) is 2. The number of nitrogens with one attached hydrogen (secondary N) is 2. The average molecular weight is 411 g/mol. The number of hydrogen-bond acceptors (Lipinski definition) is 3. The number of alkyl carbamates (subject to hydrolysis) is 1. The largest absolute Gasteiger partial charge is 0.444 e. The number of aromatic nitrogens is 2. The number of benzene rings is 1. The van der Waals surface area contributed by atoms with Crippen molar-refractivity contribution in [3.05, 3.63) is 60.0 Å². The second kappa shape index (κ2) is 8.65. The first-order chi connectivity index (χ1) is 14.1. The lowest BCUT2D eigenvalue weighted by Crippen LogP contribution is -2.49. The molecular formula is C23H30N4O3. The molecule has 2 N–H and O–H groups in total. The van der Waals surface area contributed by atoms with Gasteiger partial charge in [0.15, 0.2) is 0 Å². The average Bonchev–Trinajstić information content (AvgIpc) is 3.21. The van der Waals surface area contributed by atoms with Crippen LogP contribution in [-0.4, -0.2) is 32.8 Å². The van der Waals surface area contributed by atoms with Gasteiger partial charge in [0.05, 0.1) is 6.54 Å². The van der Waals surface area contributed by atoms with Gasteiger partial charge in [0.2, 0.25) is 5.91 Å². The van der Waals surface area contributed by atoms with E-state index in [1.54, 1.807) is 20.8 Å². The van der Waals surface area contributed by atoms with Gasteiger partial charge in [-0.25, -0.2) is 4.79 Å². The highest BCUT2D eigenvalue weighted by Crippen LogP contribution is 2.22. The van der Waals surface area contributed by atoms with Crippen molar-refractivity contribution in [3.8, 4) is 0 Å². The molecule has 3 rings (SSSR count). The number of aryl methyl sites for hydroxylation is 2. The maximum absolute atomic E-state index is 13.0.